The van der Waals surface area contributed by atoms with Gasteiger partial charge in [-0.25, -0.2) is 0 Å². The van der Waals surface area contributed by atoms with E-state index in [1.165, 1.54) is 0 Å². The van der Waals surface area contributed by atoms with Crippen molar-refractivity contribution in [2.24, 2.45) is 10.2 Å². The molecule has 1 aliphatic rings. The van der Waals surface area contributed by atoms with Gasteiger partial charge in [-0.2, -0.15) is 21.9 Å². The molecule has 0 aromatic heterocycles. The zero-order chi connectivity index (χ0) is 17.6. The van der Waals surface area contributed by atoms with E-state index >= 15 is 0 Å². The lowest BCUT2D eigenvalue weighted by Gasteiger charge is -2.12. The zero-order valence-electron chi connectivity index (χ0n) is 11.3. The maximum Gasteiger partial charge on any atom is 0.297 e. The van der Waals surface area contributed by atoms with Gasteiger partial charge in [0.15, 0.2) is 5.78 Å². The maximum atomic E-state index is 11.6. The van der Waals surface area contributed by atoms with Gasteiger partial charge in [-0.3, -0.25) is 18.7 Å². The number of Topliss-reactive ketones (excluding diaryl/α,β-unsaturated/α-hetero) is 1. The summed E-state index contributed by atoms with van der Waals surface area (Å²) >= 11 is 0. The van der Waals surface area contributed by atoms with Gasteiger partial charge >= 0.3 is 0 Å². The highest BCUT2D eigenvalue weighted by Gasteiger charge is 2.31. The number of ketones is 1. The summed E-state index contributed by atoms with van der Waals surface area (Å²) in [7, 11) is -9.82. The van der Waals surface area contributed by atoms with Gasteiger partial charge in [-0.05, 0) is 19.1 Å². The van der Waals surface area contributed by atoms with Crippen LogP contribution in [-0.2, 0) is 25.0 Å². The molecule has 1 heterocycles. The quantitative estimate of drug-likeness (QED) is 0.584. The highest BCUT2D eigenvalue weighted by Crippen LogP contribution is 2.33. The lowest BCUT2D eigenvalue weighted by molar-refractivity contribution is -0.112. The monoisotopic (exact) mass is 360 g/mol. The van der Waals surface area contributed by atoms with Crippen LogP contribution in [0.1, 0.15) is 22.8 Å². The van der Waals surface area contributed by atoms with E-state index in [-0.39, 0.29) is 0 Å². The Morgan fingerprint density at radius 1 is 1.09 bits per heavy atom. The van der Waals surface area contributed by atoms with E-state index in [0.717, 1.165) is 13.1 Å². The molecule has 0 bridgehead atoms. The Hall–Kier alpha value is -2.28. The first-order valence-electron chi connectivity index (χ1n) is 5.72. The highest BCUT2D eigenvalue weighted by atomic mass is 32.2. The molecule has 12 heteroatoms. The van der Waals surface area contributed by atoms with Crippen molar-refractivity contribution in [2.75, 3.05) is 0 Å². The van der Waals surface area contributed by atoms with Crippen LogP contribution in [0.15, 0.2) is 38.4 Å². The molecule has 0 fully saturated rings. The number of rotatable bonds is 4. The van der Waals surface area contributed by atoms with Gasteiger partial charge in [-0.15, -0.1) is 5.11 Å². The molecule has 0 radical (unpaired) electrons. The predicted molar refractivity (Wildman–Crippen MR) is 73.9 cm³/mol. The van der Waals surface area contributed by atoms with Crippen LogP contribution in [0.2, 0.25) is 0 Å². The number of carbonyl (C=O) groups is 2. The number of nitrogens with zero attached hydrogens (tertiary/aromatic N) is 2. The van der Waals surface area contributed by atoms with Crippen LogP contribution in [0.4, 0.5) is 0 Å². The molecule has 0 unspecified atom stereocenters. The molecular weight excluding hydrogens is 352 g/mol. The normalized spacial score (nSPS) is 14.9. The van der Waals surface area contributed by atoms with Crippen molar-refractivity contribution in [2.45, 2.75) is 16.7 Å². The molecule has 0 saturated heterocycles. The number of azo groups is 1. The lowest BCUT2D eigenvalue weighted by Crippen LogP contribution is -2.14. The van der Waals surface area contributed by atoms with E-state index in [2.05, 4.69) is 10.2 Å². The Morgan fingerprint density at radius 3 is 2.09 bits per heavy atom. The molecule has 0 aliphatic carbocycles. The standard InChI is InChI=1S/C11H8N2O8S2/c1-5(14)7-2-6(22(16,17)18)3-8(10(7)23(19,20)21)9-4-12-13-11(9)15/h2-4H,1H3,(H,16,17,18)(H,19,20,21). The second-order valence-electron chi connectivity index (χ2n) is 4.42. The van der Waals surface area contributed by atoms with Crippen molar-refractivity contribution in [3.05, 3.63) is 29.5 Å². The van der Waals surface area contributed by atoms with E-state index in [9.17, 15) is 31.0 Å². The van der Waals surface area contributed by atoms with Crippen LogP contribution in [0.25, 0.3) is 5.57 Å². The average molecular weight is 360 g/mol. The van der Waals surface area contributed by atoms with Crippen LogP contribution >= 0.6 is 0 Å². The Balaban J connectivity index is 3.00. The topological polar surface area (TPSA) is 168 Å². The number of carbonyl (C=O) groups excluding carboxylic acids is 2. The Morgan fingerprint density at radius 2 is 1.70 bits per heavy atom. The zero-order valence-corrected chi connectivity index (χ0v) is 12.9. The molecule has 0 saturated carbocycles. The van der Waals surface area contributed by atoms with Crippen LogP contribution in [-0.4, -0.2) is 37.6 Å². The Kier molecular flexibility index (Phi) is 4.02. The van der Waals surface area contributed by atoms with Crippen LogP contribution in [0.3, 0.4) is 0 Å². The Bertz CT molecular complexity index is 1000. The van der Waals surface area contributed by atoms with E-state index < -0.39 is 58.4 Å². The summed E-state index contributed by atoms with van der Waals surface area (Å²) < 4.78 is 64.3. The molecule has 0 atom stereocenters. The molecule has 1 aromatic rings. The fourth-order valence-corrected chi connectivity index (χ4v) is 3.38. The first-order chi connectivity index (χ1) is 10.4. The third-order valence-corrected chi connectivity index (χ3v) is 4.64. The summed E-state index contributed by atoms with van der Waals surface area (Å²) in [5.41, 5.74) is -1.77. The summed E-state index contributed by atoms with van der Waals surface area (Å²) in [5.74, 6) is -1.92. The summed E-state index contributed by atoms with van der Waals surface area (Å²) in [6.07, 6.45) is 0.837. The smallest absolute Gasteiger partial charge is 0.294 e. The second kappa shape index (κ2) is 5.42. The van der Waals surface area contributed by atoms with Gasteiger partial charge in [0.25, 0.3) is 26.1 Å². The molecular formula is C11H8N2O8S2. The molecule has 1 aromatic carbocycles. The second-order valence-corrected chi connectivity index (χ2v) is 7.20. The van der Waals surface area contributed by atoms with Crippen molar-refractivity contribution < 1.29 is 35.5 Å². The van der Waals surface area contributed by atoms with E-state index in [4.69, 9.17) is 4.55 Å². The SMILES string of the molecule is CC(=O)c1cc(S(=O)(=O)O)cc(C2=CN=NC2=O)c1S(=O)(=O)O. The number of amides is 1. The van der Waals surface area contributed by atoms with Gasteiger partial charge < -0.3 is 0 Å². The van der Waals surface area contributed by atoms with Crippen LogP contribution in [0.5, 0.6) is 0 Å². The molecule has 2 N–H and O–H groups in total. The van der Waals surface area contributed by atoms with Gasteiger partial charge in [0.1, 0.15) is 4.90 Å². The Labute approximate surface area is 130 Å². The van der Waals surface area contributed by atoms with Gasteiger partial charge in [0, 0.05) is 11.1 Å². The first-order valence-corrected chi connectivity index (χ1v) is 8.60. The molecule has 2 rings (SSSR count). The van der Waals surface area contributed by atoms with Crippen molar-refractivity contribution in [3.8, 4) is 0 Å². The largest absolute Gasteiger partial charge is 0.297 e. The van der Waals surface area contributed by atoms with Crippen LogP contribution in [0, 0.1) is 0 Å². The van der Waals surface area contributed by atoms with Crippen LogP contribution < -0.4 is 0 Å². The van der Waals surface area contributed by atoms with Gasteiger partial charge in [0.2, 0.25) is 0 Å². The summed E-state index contributed by atoms with van der Waals surface area (Å²) in [6.45, 7) is 0.918. The van der Waals surface area contributed by atoms with Crippen molar-refractivity contribution >= 4 is 37.5 Å². The number of hydrogen-bond donors (Lipinski definition) is 2. The summed E-state index contributed by atoms with van der Waals surface area (Å²) in [5, 5.41) is 6.36. The third-order valence-electron chi connectivity index (χ3n) is 2.85. The van der Waals surface area contributed by atoms with Gasteiger partial charge in [-0.1, -0.05) is 0 Å². The molecule has 1 aliphatic heterocycles. The number of benzene rings is 1. The fourth-order valence-electron chi connectivity index (χ4n) is 1.92. The van der Waals surface area contributed by atoms with Crippen molar-refractivity contribution in [3.63, 3.8) is 0 Å². The molecule has 1 amide bonds. The van der Waals surface area contributed by atoms with E-state index in [1.54, 1.807) is 0 Å². The molecule has 10 nitrogen and oxygen atoms in total. The summed E-state index contributed by atoms with van der Waals surface area (Å²) in [6, 6.07) is 1.21. The van der Waals surface area contributed by atoms with E-state index in [0.29, 0.717) is 12.1 Å². The van der Waals surface area contributed by atoms with Crippen molar-refractivity contribution in [1.82, 2.24) is 0 Å². The van der Waals surface area contributed by atoms with E-state index in [1.807, 2.05) is 0 Å². The minimum atomic E-state index is -5.01. The molecule has 0 spiro atoms. The first kappa shape index (κ1) is 17.1. The highest BCUT2D eigenvalue weighted by molar-refractivity contribution is 7.86. The maximum absolute atomic E-state index is 11.6. The van der Waals surface area contributed by atoms with Crippen molar-refractivity contribution in [1.29, 1.82) is 0 Å². The third kappa shape index (κ3) is 3.24. The van der Waals surface area contributed by atoms with Gasteiger partial charge in [0.05, 0.1) is 16.7 Å². The minimum Gasteiger partial charge on any atom is -0.294 e. The summed E-state index contributed by atoms with van der Waals surface area (Å²) in [4.78, 5) is 21.4. The minimum absolute atomic E-state index is 0.453. The number of hydrogen-bond acceptors (Lipinski definition) is 7. The molecule has 23 heavy (non-hydrogen) atoms. The predicted octanol–water partition coefficient (Wildman–Crippen LogP) is 0.716. The average Bonchev–Trinajstić information content (AvgIpc) is 2.81. The molecule has 122 valence electrons. The fraction of sp³-hybridized carbons (Fsp3) is 0.0909. The lowest BCUT2D eigenvalue weighted by atomic mass is 10.0.